The summed E-state index contributed by atoms with van der Waals surface area (Å²) in [6, 6.07) is 0. The molecule has 0 heterocycles. The third-order valence-corrected chi connectivity index (χ3v) is 7.68. The van der Waals surface area contributed by atoms with Crippen LogP contribution in [-0.2, 0) is 23.9 Å². The molecule has 36 heavy (non-hydrogen) atoms. The first-order valence-corrected chi connectivity index (χ1v) is 14.3. The van der Waals surface area contributed by atoms with Gasteiger partial charge >= 0.3 is 17.9 Å². The van der Waals surface area contributed by atoms with Crippen molar-refractivity contribution in [3.63, 3.8) is 0 Å². The maximum absolute atomic E-state index is 11.3. The molecule has 3 saturated carbocycles. The zero-order valence-corrected chi connectivity index (χ0v) is 23.5. The zero-order chi connectivity index (χ0) is 26.9. The molecule has 0 saturated heterocycles. The van der Waals surface area contributed by atoms with Crippen molar-refractivity contribution in [1.82, 2.24) is 0 Å². The molecule has 0 aliphatic heterocycles. The Labute approximate surface area is 219 Å². The molecule has 0 spiro atoms. The number of hydrogen-bond acceptors (Lipinski definition) is 5. The van der Waals surface area contributed by atoms with Crippen molar-refractivity contribution in [2.24, 2.45) is 10.8 Å². The second-order valence-electron chi connectivity index (χ2n) is 11.4. The number of aliphatic carboxylic acids is 1. The molecule has 0 atom stereocenters. The Balaban J connectivity index is 0.000000271. The van der Waals surface area contributed by atoms with Gasteiger partial charge in [0.1, 0.15) is 0 Å². The van der Waals surface area contributed by atoms with Gasteiger partial charge in [0.15, 0.2) is 0 Å². The highest BCUT2D eigenvalue weighted by atomic mass is 16.5. The highest BCUT2D eigenvalue weighted by Gasteiger charge is 2.30. The van der Waals surface area contributed by atoms with E-state index < -0.39 is 5.97 Å². The van der Waals surface area contributed by atoms with Crippen LogP contribution in [0.15, 0.2) is 11.6 Å². The van der Waals surface area contributed by atoms with Gasteiger partial charge in [-0.15, -0.1) is 0 Å². The Morgan fingerprint density at radius 3 is 1.61 bits per heavy atom. The van der Waals surface area contributed by atoms with Gasteiger partial charge in [-0.3, -0.25) is 9.59 Å². The number of esters is 2. The Hall–Kier alpha value is -1.85. The summed E-state index contributed by atoms with van der Waals surface area (Å²) in [5.74, 6) is -0.837. The molecule has 0 radical (unpaired) electrons. The lowest BCUT2D eigenvalue weighted by molar-refractivity contribution is -0.146. The van der Waals surface area contributed by atoms with Crippen LogP contribution in [0.5, 0.6) is 0 Å². The van der Waals surface area contributed by atoms with E-state index >= 15 is 0 Å². The molecule has 208 valence electrons. The van der Waals surface area contributed by atoms with Crippen molar-refractivity contribution in [1.29, 1.82) is 0 Å². The maximum Gasteiger partial charge on any atom is 0.330 e. The number of carbonyl (C=O) groups is 3. The van der Waals surface area contributed by atoms with E-state index in [2.05, 4.69) is 13.8 Å². The van der Waals surface area contributed by atoms with Crippen molar-refractivity contribution in [2.75, 3.05) is 13.2 Å². The predicted molar refractivity (Wildman–Crippen MR) is 144 cm³/mol. The van der Waals surface area contributed by atoms with Gasteiger partial charge in [-0.1, -0.05) is 64.4 Å². The molecule has 0 amide bonds. The van der Waals surface area contributed by atoms with Gasteiger partial charge in [-0.05, 0) is 76.0 Å². The molecule has 6 heteroatoms. The molecule has 3 rings (SSSR count). The Morgan fingerprint density at radius 2 is 1.17 bits per heavy atom. The van der Waals surface area contributed by atoms with Crippen molar-refractivity contribution >= 4 is 17.9 Å². The maximum atomic E-state index is 11.3. The highest BCUT2D eigenvalue weighted by Crippen LogP contribution is 2.39. The smallest absolute Gasteiger partial charge is 0.330 e. The van der Waals surface area contributed by atoms with Gasteiger partial charge in [0.05, 0.1) is 26.1 Å². The lowest BCUT2D eigenvalue weighted by Crippen LogP contribution is -2.24. The fourth-order valence-corrected chi connectivity index (χ4v) is 5.59. The summed E-state index contributed by atoms with van der Waals surface area (Å²) >= 11 is 0. The van der Waals surface area contributed by atoms with Gasteiger partial charge in [-0.2, -0.15) is 0 Å². The topological polar surface area (TPSA) is 89.9 Å². The molecular formula is C30H52O6. The first-order valence-electron chi connectivity index (χ1n) is 14.3. The van der Waals surface area contributed by atoms with Crippen LogP contribution >= 0.6 is 0 Å². The molecule has 0 bridgehead atoms. The van der Waals surface area contributed by atoms with E-state index in [9.17, 15) is 14.4 Å². The number of allylic oxidation sites excluding steroid dienone is 1. The van der Waals surface area contributed by atoms with Gasteiger partial charge in [0.25, 0.3) is 0 Å². The first kappa shape index (κ1) is 32.2. The van der Waals surface area contributed by atoms with E-state index in [4.69, 9.17) is 14.6 Å². The second kappa shape index (κ2) is 17.6. The quantitative estimate of drug-likeness (QED) is 0.279. The van der Waals surface area contributed by atoms with Gasteiger partial charge in [-0.25, -0.2) is 4.79 Å². The summed E-state index contributed by atoms with van der Waals surface area (Å²) in [6.45, 7) is 8.99. The van der Waals surface area contributed by atoms with Crippen molar-refractivity contribution < 1.29 is 29.0 Å². The number of hydrogen-bond donors (Lipinski definition) is 1. The normalized spacial score (nSPS) is 20.4. The van der Waals surface area contributed by atoms with Gasteiger partial charge in [0.2, 0.25) is 0 Å². The third-order valence-electron chi connectivity index (χ3n) is 7.68. The van der Waals surface area contributed by atoms with Crippen molar-refractivity contribution in [3.05, 3.63) is 11.6 Å². The molecule has 0 aromatic heterocycles. The van der Waals surface area contributed by atoms with Crippen LogP contribution in [0.25, 0.3) is 0 Å². The summed E-state index contributed by atoms with van der Waals surface area (Å²) in [4.78, 5) is 32.8. The predicted octanol–water partition coefficient (Wildman–Crippen LogP) is 7.78. The molecule has 0 aromatic carbocycles. The Bertz CT molecular complexity index is 676. The largest absolute Gasteiger partial charge is 0.481 e. The molecule has 3 fully saturated rings. The number of carbonyl (C=O) groups excluding carboxylic acids is 2. The van der Waals surface area contributed by atoms with Crippen LogP contribution in [0.1, 0.15) is 137 Å². The van der Waals surface area contributed by atoms with Crippen LogP contribution in [0.2, 0.25) is 0 Å². The SMILES string of the molecule is CC1(CC(=O)O)CCCCC1.CCOC(=O)C=C1CCCCC1.CCOC(=O)CC1(C)CCCCC1. The molecule has 3 aliphatic carbocycles. The summed E-state index contributed by atoms with van der Waals surface area (Å²) < 4.78 is 9.80. The van der Waals surface area contributed by atoms with Crippen LogP contribution in [0.4, 0.5) is 0 Å². The van der Waals surface area contributed by atoms with E-state index in [1.165, 1.54) is 76.2 Å². The molecule has 0 aromatic rings. The minimum absolute atomic E-state index is 0.0214. The third kappa shape index (κ3) is 14.6. The number of carboxylic acid groups (broad SMARTS) is 1. The average Bonchev–Trinajstić information content (AvgIpc) is 2.81. The Kier molecular flexibility index (Phi) is 15.7. The van der Waals surface area contributed by atoms with Crippen LogP contribution in [-0.4, -0.2) is 36.2 Å². The van der Waals surface area contributed by atoms with Gasteiger partial charge < -0.3 is 14.6 Å². The average molecular weight is 509 g/mol. The van der Waals surface area contributed by atoms with E-state index in [0.29, 0.717) is 26.1 Å². The van der Waals surface area contributed by atoms with Crippen molar-refractivity contribution in [2.45, 2.75) is 137 Å². The van der Waals surface area contributed by atoms with E-state index in [-0.39, 0.29) is 22.8 Å². The lowest BCUT2D eigenvalue weighted by atomic mass is 9.73. The summed E-state index contributed by atoms with van der Waals surface area (Å²) in [7, 11) is 0. The second-order valence-corrected chi connectivity index (χ2v) is 11.4. The first-order chi connectivity index (χ1) is 17.1. The summed E-state index contributed by atoms with van der Waals surface area (Å²) in [5.41, 5.74) is 1.59. The van der Waals surface area contributed by atoms with E-state index in [1.54, 1.807) is 6.08 Å². The number of rotatable bonds is 7. The van der Waals surface area contributed by atoms with Crippen LogP contribution in [0, 0.1) is 10.8 Å². The monoisotopic (exact) mass is 508 g/mol. The van der Waals surface area contributed by atoms with E-state index in [0.717, 1.165) is 25.7 Å². The lowest BCUT2D eigenvalue weighted by Gasteiger charge is -2.32. The Morgan fingerprint density at radius 1 is 0.722 bits per heavy atom. The van der Waals surface area contributed by atoms with E-state index in [1.807, 2.05) is 13.8 Å². The molecule has 6 nitrogen and oxygen atoms in total. The van der Waals surface area contributed by atoms with Crippen molar-refractivity contribution in [3.8, 4) is 0 Å². The summed E-state index contributed by atoms with van der Waals surface area (Å²) in [5, 5.41) is 8.63. The molecule has 3 aliphatic rings. The fraction of sp³-hybridized carbons (Fsp3) is 0.833. The van der Waals surface area contributed by atoms with Gasteiger partial charge in [0, 0.05) is 6.08 Å². The minimum Gasteiger partial charge on any atom is -0.481 e. The number of ether oxygens (including phenoxy) is 2. The molecular weight excluding hydrogens is 456 g/mol. The molecule has 0 unspecified atom stereocenters. The fourth-order valence-electron chi connectivity index (χ4n) is 5.59. The number of carboxylic acids is 1. The van der Waals surface area contributed by atoms with Crippen LogP contribution in [0.3, 0.4) is 0 Å². The zero-order valence-electron chi connectivity index (χ0n) is 23.5. The highest BCUT2D eigenvalue weighted by molar-refractivity contribution is 5.82. The molecule has 1 N–H and O–H groups in total. The summed E-state index contributed by atoms with van der Waals surface area (Å²) in [6.07, 6.45) is 20.7. The minimum atomic E-state index is -0.644. The van der Waals surface area contributed by atoms with Crippen LogP contribution < -0.4 is 0 Å². The standard InChI is InChI=1S/C11H20O2.C10H16O2.C9H16O2/c1-3-13-10(12)9-11(2)7-5-4-6-8-11;1-2-12-10(11)8-9-6-4-3-5-7-9;1-9(7-8(10)11)5-3-2-4-6-9/h3-9H2,1-2H3;8H,2-7H2,1H3;2-7H2,1H3,(H,10,11).